The van der Waals surface area contributed by atoms with E-state index in [1.54, 1.807) is 26.2 Å². The van der Waals surface area contributed by atoms with Gasteiger partial charge in [0.25, 0.3) is 5.91 Å². The first-order chi connectivity index (χ1) is 7.71. The number of nitrogens with one attached hydrogen (secondary N) is 3. The number of carbonyl (C=O) groups is 1. The molecule has 1 heterocycles. The maximum Gasteiger partial charge on any atom is 0.281 e. The molecule has 2 rings (SSSR count). The van der Waals surface area contributed by atoms with Gasteiger partial charge in [0.05, 0.1) is 5.69 Å². The fourth-order valence-electron chi connectivity index (χ4n) is 2.21. The molecule has 1 aromatic carbocycles. The third-order valence-corrected chi connectivity index (χ3v) is 3.05. The van der Waals surface area contributed by atoms with Crippen molar-refractivity contribution < 1.29 is 4.79 Å². The van der Waals surface area contributed by atoms with Gasteiger partial charge < -0.3 is 0 Å². The normalized spacial score (nSPS) is 17.7. The Bertz CT molecular complexity index is 414. The molecule has 1 amide bonds. The Labute approximate surface area is 94.8 Å². The van der Waals surface area contributed by atoms with Crippen LogP contribution in [-0.4, -0.2) is 27.1 Å². The lowest BCUT2D eigenvalue weighted by atomic mass is 10.0. The van der Waals surface area contributed by atoms with Crippen molar-refractivity contribution in [2.45, 2.75) is 5.66 Å². The number of hydrazine groups is 1. The lowest BCUT2D eigenvalue weighted by molar-refractivity contribution is -0.125. The van der Waals surface area contributed by atoms with Gasteiger partial charge in [-0.3, -0.25) is 15.4 Å². The smallest absolute Gasteiger partial charge is 0.281 e. The van der Waals surface area contributed by atoms with E-state index in [1.807, 2.05) is 24.3 Å². The SMILES string of the molecule is CNN1C(=O)C(NC)(NC)c2ccccc21. The number of carbonyl (C=O) groups excluding carboxylic acids is 1. The molecule has 0 aromatic heterocycles. The summed E-state index contributed by atoms with van der Waals surface area (Å²) in [5.74, 6) is -0.0544. The lowest BCUT2D eigenvalue weighted by Gasteiger charge is -2.27. The van der Waals surface area contributed by atoms with Crippen LogP contribution in [0.15, 0.2) is 24.3 Å². The molecular weight excluding hydrogens is 204 g/mol. The Morgan fingerprint density at radius 2 is 1.75 bits per heavy atom. The number of benzene rings is 1. The van der Waals surface area contributed by atoms with Gasteiger partial charge in [0.2, 0.25) is 0 Å². The summed E-state index contributed by atoms with van der Waals surface area (Å²) in [5.41, 5.74) is 3.87. The molecule has 16 heavy (non-hydrogen) atoms. The Hall–Kier alpha value is -1.43. The van der Waals surface area contributed by atoms with Crippen LogP contribution in [0.4, 0.5) is 5.69 Å². The van der Waals surface area contributed by atoms with Crippen molar-refractivity contribution in [2.75, 3.05) is 26.2 Å². The highest BCUT2D eigenvalue weighted by atomic mass is 16.2. The van der Waals surface area contributed by atoms with Gasteiger partial charge in [-0.05, 0) is 20.2 Å². The summed E-state index contributed by atoms with van der Waals surface area (Å²) < 4.78 is 0. The van der Waals surface area contributed by atoms with E-state index < -0.39 is 5.66 Å². The second-order valence-corrected chi connectivity index (χ2v) is 3.63. The summed E-state index contributed by atoms with van der Waals surface area (Å²) in [6, 6.07) is 7.70. The Morgan fingerprint density at radius 1 is 1.12 bits per heavy atom. The number of amides is 1. The van der Waals surface area contributed by atoms with Gasteiger partial charge in [0.1, 0.15) is 0 Å². The summed E-state index contributed by atoms with van der Waals surface area (Å²) in [7, 11) is 5.27. The maximum absolute atomic E-state index is 12.3. The second kappa shape index (κ2) is 3.86. The quantitative estimate of drug-likeness (QED) is 0.615. The van der Waals surface area contributed by atoms with Crippen molar-refractivity contribution in [3.05, 3.63) is 29.8 Å². The van der Waals surface area contributed by atoms with Crippen molar-refractivity contribution >= 4 is 11.6 Å². The van der Waals surface area contributed by atoms with Gasteiger partial charge in [-0.1, -0.05) is 18.2 Å². The molecule has 5 heteroatoms. The Kier molecular flexibility index (Phi) is 2.67. The standard InChI is InChI=1S/C11H16N4O/c1-12-11(13-2)8-6-4-5-7-9(8)15(14-3)10(11)16/h4-7,12-14H,1-3H3. The largest absolute Gasteiger partial charge is 0.291 e. The molecule has 0 aliphatic carbocycles. The fourth-order valence-corrected chi connectivity index (χ4v) is 2.21. The average molecular weight is 220 g/mol. The molecule has 0 bridgehead atoms. The topological polar surface area (TPSA) is 56.4 Å². The van der Waals surface area contributed by atoms with E-state index in [9.17, 15) is 4.79 Å². The number of rotatable bonds is 3. The van der Waals surface area contributed by atoms with Gasteiger partial charge in [-0.2, -0.15) is 0 Å². The summed E-state index contributed by atoms with van der Waals surface area (Å²) in [5, 5.41) is 7.65. The van der Waals surface area contributed by atoms with E-state index in [2.05, 4.69) is 16.1 Å². The molecule has 5 nitrogen and oxygen atoms in total. The van der Waals surface area contributed by atoms with E-state index in [0.29, 0.717) is 0 Å². The monoisotopic (exact) mass is 220 g/mol. The fraction of sp³-hybridized carbons (Fsp3) is 0.364. The van der Waals surface area contributed by atoms with E-state index in [0.717, 1.165) is 11.3 Å². The third kappa shape index (κ3) is 1.19. The minimum atomic E-state index is -0.834. The summed E-state index contributed by atoms with van der Waals surface area (Å²) >= 11 is 0. The van der Waals surface area contributed by atoms with Crippen molar-refractivity contribution in [1.29, 1.82) is 0 Å². The van der Waals surface area contributed by atoms with E-state index >= 15 is 0 Å². The molecule has 1 aromatic rings. The molecule has 0 saturated heterocycles. The second-order valence-electron chi connectivity index (χ2n) is 3.63. The minimum Gasteiger partial charge on any atom is -0.291 e. The predicted octanol–water partition coefficient (Wildman–Crippen LogP) is -0.241. The van der Waals surface area contributed by atoms with E-state index in [-0.39, 0.29) is 5.91 Å². The van der Waals surface area contributed by atoms with Gasteiger partial charge in [0, 0.05) is 12.6 Å². The van der Waals surface area contributed by atoms with Crippen molar-refractivity contribution in [1.82, 2.24) is 16.1 Å². The molecule has 0 unspecified atom stereocenters. The first-order valence-electron chi connectivity index (χ1n) is 5.20. The molecule has 1 aliphatic heterocycles. The predicted molar refractivity (Wildman–Crippen MR) is 62.8 cm³/mol. The average Bonchev–Trinajstić information content (AvgIpc) is 2.58. The van der Waals surface area contributed by atoms with Gasteiger partial charge in [0.15, 0.2) is 5.66 Å². The zero-order valence-corrected chi connectivity index (χ0v) is 9.66. The zero-order chi connectivity index (χ0) is 11.8. The molecule has 1 aliphatic rings. The summed E-state index contributed by atoms with van der Waals surface area (Å²) in [4.78, 5) is 12.3. The number of likely N-dealkylation sites (N-methyl/N-ethyl adjacent to an activating group) is 2. The van der Waals surface area contributed by atoms with Crippen molar-refractivity contribution in [2.24, 2.45) is 0 Å². The van der Waals surface area contributed by atoms with Crippen LogP contribution in [0.2, 0.25) is 0 Å². The maximum atomic E-state index is 12.3. The minimum absolute atomic E-state index is 0.0544. The Balaban J connectivity index is 2.63. The van der Waals surface area contributed by atoms with Crippen LogP contribution in [-0.2, 0) is 10.5 Å². The first-order valence-corrected chi connectivity index (χ1v) is 5.20. The highest BCUT2D eigenvalue weighted by Gasteiger charge is 2.48. The van der Waals surface area contributed by atoms with E-state index in [1.165, 1.54) is 0 Å². The number of hydrogen-bond donors (Lipinski definition) is 3. The molecule has 0 spiro atoms. The number of anilines is 1. The van der Waals surface area contributed by atoms with Gasteiger partial charge in [-0.25, -0.2) is 10.4 Å². The highest BCUT2D eigenvalue weighted by Crippen LogP contribution is 2.36. The summed E-state index contributed by atoms with van der Waals surface area (Å²) in [6.45, 7) is 0. The zero-order valence-electron chi connectivity index (χ0n) is 9.66. The first kappa shape index (κ1) is 11.1. The molecule has 86 valence electrons. The van der Waals surface area contributed by atoms with Crippen LogP contribution >= 0.6 is 0 Å². The molecule has 3 N–H and O–H groups in total. The molecular formula is C11H16N4O. The molecule has 0 atom stereocenters. The molecule has 0 fully saturated rings. The van der Waals surface area contributed by atoms with Gasteiger partial charge in [-0.15, -0.1) is 0 Å². The number of hydrogen-bond acceptors (Lipinski definition) is 4. The molecule has 0 radical (unpaired) electrons. The van der Waals surface area contributed by atoms with Crippen LogP contribution in [0.3, 0.4) is 0 Å². The van der Waals surface area contributed by atoms with Crippen LogP contribution in [0.1, 0.15) is 5.56 Å². The summed E-state index contributed by atoms with van der Waals surface area (Å²) in [6.07, 6.45) is 0. The molecule has 0 saturated carbocycles. The number of para-hydroxylation sites is 1. The van der Waals surface area contributed by atoms with Gasteiger partial charge >= 0.3 is 0 Å². The highest BCUT2D eigenvalue weighted by molar-refractivity contribution is 6.06. The number of nitrogens with zero attached hydrogens (tertiary/aromatic N) is 1. The van der Waals surface area contributed by atoms with Crippen LogP contribution < -0.4 is 21.1 Å². The Morgan fingerprint density at radius 3 is 2.31 bits per heavy atom. The van der Waals surface area contributed by atoms with Crippen molar-refractivity contribution in [3.63, 3.8) is 0 Å². The van der Waals surface area contributed by atoms with Crippen LogP contribution in [0, 0.1) is 0 Å². The van der Waals surface area contributed by atoms with E-state index in [4.69, 9.17) is 0 Å². The third-order valence-electron chi connectivity index (χ3n) is 3.05. The van der Waals surface area contributed by atoms with Crippen LogP contribution in [0.5, 0.6) is 0 Å². The number of fused-ring (bicyclic) bond motifs is 1. The lowest BCUT2D eigenvalue weighted by Crippen LogP contribution is -2.59. The van der Waals surface area contributed by atoms with Crippen molar-refractivity contribution in [3.8, 4) is 0 Å². The van der Waals surface area contributed by atoms with Crippen LogP contribution in [0.25, 0.3) is 0 Å².